The first-order valence-corrected chi connectivity index (χ1v) is 7.18. The van der Waals surface area contributed by atoms with Crippen molar-refractivity contribution in [1.29, 1.82) is 0 Å². The molecule has 0 aliphatic heterocycles. The average Bonchev–Trinajstić information content (AvgIpc) is 2.85. The molecule has 0 aromatic heterocycles. The molecule has 2 unspecified atom stereocenters. The van der Waals surface area contributed by atoms with Crippen LogP contribution in [0.2, 0.25) is 0 Å². The first kappa shape index (κ1) is 14.8. The van der Waals surface area contributed by atoms with Crippen molar-refractivity contribution in [1.82, 2.24) is 5.32 Å². The molecule has 0 saturated heterocycles. The molecule has 2 atom stereocenters. The maximum atomic E-state index is 12.2. The molecule has 1 aliphatic rings. The quantitative estimate of drug-likeness (QED) is 0.527. The Balaban J connectivity index is 2.10. The van der Waals surface area contributed by atoms with Crippen molar-refractivity contribution in [3.63, 3.8) is 0 Å². The Morgan fingerprint density at radius 2 is 2.25 bits per heavy atom. The summed E-state index contributed by atoms with van der Waals surface area (Å²) in [6.07, 6.45) is 3.05. The monoisotopic (exact) mass is 296 g/mol. The van der Waals surface area contributed by atoms with Gasteiger partial charge in [-0.3, -0.25) is 14.9 Å². The first-order chi connectivity index (χ1) is 9.52. The zero-order valence-electron chi connectivity index (χ0n) is 11.3. The van der Waals surface area contributed by atoms with Gasteiger partial charge in [0.2, 0.25) is 0 Å². The van der Waals surface area contributed by atoms with Gasteiger partial charge in [-0.1, -0.05) is 6.42 Å². The second kappa shape index (κ2) is 6.22. The number of benzene rings is 1. The highest BCUT2D eigenvalue weighted by atomic mass is 35.5. The third-order valence-electron chi connectivity index (χ3n) is 3.83. The van der Waals surface area contributed by atoms with Crippen molar-refractivity contribution in [2.75, 3.05) is 5.88 Å². The van der Waals surface area contributed by atoms with Crippen molar-refractivity contribution >= 4 is 23.2 Å². The van der Waals surface area contributed by atoms with Crippen LogP contribution in [-0.2, 0) is 0 Å². The lowest BCUT2D eigenvalue weighted by molar-refractivity contribution is -0.385. The predicted octanol–water partition coefficient (Wildman–Crippen LogP) is 3.04. The molecule has 1 amide bonds. The van der Waals surface area contributed by atoms with E-state index in [1.165, 1.54) is 12.1 Å². The third-order valence-corrected chi connectivity index (χ3v) is 4.23. The molecule has 6 heteroatoms. The number of nitrogens with one attached hydrogen (secondary N) is 1. The Hall–Kier alpha value is -1.62. The van der Waals surface area contributed by atoms with Gasteiger partial charge in [-0.25, -0.2) is 0 Å². The van der Waals surface area contributed by atoms with Crippen LogP contribution in [0, 0.1) is 23.0 Å². The van der Waals surface area contributed by atoms with E-state index >= 15 is 0 Å². The molecule has 20 heavy (non-hydrogen) atoms. The van der Waals surface area contributed by atoms with Gasteiger partial charge in [0.1, 0.15) is 0 Å². The fourth-order valence-electron chi connectivity index (χ4n) is 2.66. The van der Waals surface area contributed by atoms with Crippen LogP contribution in [-0.4, -0.2) is 22.8 Å². The van der Waals surface area contributed by atoms with Gasteiger partial charge in [0.25, 0.3) is 11.6 Å². The van der Waals surface area contributed by atoms with Crippen LogP contribution >= 0.6 is 11.6 Å². The summed E-state index contributed by atoms with van der Waals surface area (Å²) in [7, 11) is 0. The predicted molar refractivity (Wildman–Crippen MR) is 77.1 cm³/mol. The van der Waals surface area contributed by atoms with E-state index < -0.39 is 4.92 Å². The molecule has 0 radical (unpaired) electrons. The normalized spacial score (nSPS) is 21.7. The number of rotatable bonds is 4. The Morgan fingerprint density at radius 3 is 2.85 bits per heavy atom. The minimum atomic E-state index is -0.447. The molecule has 1 fully saturated rings. The van der Waals surface area contributed by atoms with Crippen molar-refractivity contribution in [2.45, 2.75) is 32.2 Å². The molecular formula is C14H17ClN2O3. The molecule has 0 spiro atoms. The summed E-state index contributed by atoms with van der Waals surface area (Å²) in [6.45, 7) is 1.63. The summed E-state index contributed by atoms with van der Waals surface area (Å²) >= 11 is 5.89. The van der Waals surface area contributed by atoms with Gasteiger partial charge in [0.05, 0.1) is 4.92 Å². The summed E-state index contributed by atoms with van der Waals surface area (Å²) < 4.78 is 0. The zero-order valence-corrected chi connectivity index (χ0v) is 12.0. The lowest BCUT2D eigenvalue weighted by Gasteiger charge is -2.19. The highest BCUT2D eigenvalue weighted by Crippen LogP contribution is 2.27. The first-order valence-electron chi connectivity index (χ1n) is 6.64. The van der Waals surface area contributed by atoms with E-state index in [0.717, 1.165) is 19.3 Å². The topological polar surface area (TPSA) is 72.2 Å². The average molecular weight is 297 g/mol. The van der Waals surface area contributed by atoms with E-state index in [1.807, 2.05) is 0 Å². The maximum absolute atomic E-state index is 12.2. The fourth-order valence-corrected chi connectivity index (χ4v) is 3.03. The van der Waals surface area contributed by atoms with Crippen molar-refractivity contribution in [3.8, 4) is 0 Å². The summed E-state index contributed by atoms with van der Waals surface area (Å²) in [5, 5.41) is 13.7. The molecule has 1 aromatic carbocycles. The molecule has 1 aromatic rings. The molecular weight excluding hydrogens is 280 g/mol. The smallest absolute Gasteiger partial charge is 0.272 e. The third kappa shape index (κ3) is 3.10. The number of aryl methyl sites for hydroxylation is 1. The van der Waals surface area contributed by atoms with Crippen LogP contribution in [0.5, 0.6) is 0 Å². The number of carbonyl (C=O) groups excluding carboxylic acids is 1. The molecule has 1 saturated carbocycles. The number of nitro benzene ring substituents is 1. The maximum Gasteiger partial charge on any atom is 0.272 e. The van der Waals surface area contributed by atoms with Crippen LogP contribution in [0.3, 0.4) is 0 Å². The van der Waals surface area contributed by atoms with Gasteiger partial charge in [0.15, 0.2) is 0 Å². The lowest BCUT2D eigenvalue weighted by Crippen LogP contribution is -2.37. The second-order valence-corrected chi connectivity index (χ2v) is 5.49. The van der Waals surface area contributed by atoms with E-state index in [0.29, 0.717) is 22.9 Å². The van der Waals surface area contributed by atoms with E-state index in [4.69, 9.17) is 11.6 Å². The Labute approximate surface area is 122 Å². The lowest BCUT2D eigenvalue weighted by atomic mass is 10.0. The molecule has 2 rings (SSSR count). The number of nitrogens with zero attached hydrogens (tertiary/aromatic N) is 1. The van der Waals surface area contributed by atoms with Crippen LogP contribution < -0.4 is 5.32 Å². The van der Waals surface area contributed by atoms with Gasteiger partial charge >= 0.3 is 0 Å². The number of carbonyl (C=O) groups is 1. The minimum Gasteiger partial charge on any atom is -0.349 e. The van der Waals surface area contributed by atoms with Gasteiger partial charge < -0.3 is 5.32 Å². The molecule has 1 N–H and O–H groups in total. The number of alkyl halides is 1. The Kier molecular flexibility index (Phi) is 4.60. The van der Waals surface area contributed by atoms with Crippen LogP contribution in [0.25, 0.3) is 0 Å². The molecule has 108 valence electrons. The molecule has 0 bridgehead atoms. The Bertz CT molecular complexity index is 533. The number of nitro groups is 1. The number of halogens is 1. The van der Waals surface area contributed by atoms with Gasteiger partial charge in [-0.2, -0.15) is 0 Å². The van der Waals surface area contributed by atoms with Gasteiger partial charge in [0, 0.05) is 29.1 Å². The van der Waals surface area contributed by atoms with E-state index in [1.54, 1.807) is 13.0 Å². The fraction of sp³-hybridized carbons (Fsp3) is 0.500. The van der Waals surface area contributed by atoms with E-state index in [2.05, 4.69) is 5.32 Å². The van der Waals surface area contributed by atoms with E-state index in [9.17, 15) is 14.9 Å². The number of amides is 1. The summed E-state index contributed by atoms with van der Waals surface area (Å²) in [6, 6.07) is 4.52. The molecule has 1 aliphatic carbocycles. The minimum absolute atomic E-state index is 0.0288. The molecule has 5 nitrogen and oxygen atoms in total. The SMILES string of the molecule is Cc1cc(C(=O)NC2CCCC2CCl)ccc1[N+](=O)[O-]. The highest BCUT2D eigenvalue weighted by molar-refractivity contribution is 6.18. The van der Waals surface area contributed by atoms with Crippen LogP contribution in [0.1, 0.15) is 35.2 Å². The van der Waals surface area contributed by atoms with Crippen molar-refractivity contribution in [2.24, 2.45) is 5.92 Å². The standard InChI is InChI=1S/C14H17ClN2O3/c1-9-7-10(5-6-13(9)17(19)20)14(18)16-12-4-2-3-11(12)8-15/h5-7,11-12H,2-4,8H2,1H3,(H,16,18). The van der Waals surface area contributed by atoms with Crippen LogP contribution in [0.4, 0.5) is 5.69 Å². The summed E-state index contributed by atoms with van der Waals surface area (Å²) in [5.74, 6) is 0.675. The highest BCUT2D eigenvalue weighted by Gasteiger charge is 2.28. The number of hydrogen-bond acceptors (Lipinski definition) is 3. The number of hydrogen-bond donors (Lipinski definition) is 1. The second-order valence-electron chi connectivity index (χ2n) is 5.18. The summed E-state index contributed by atoms with van der Waals surface area (Å²) in [4.78, 5) is 22.5. The largest absolute Gasteiger partial charge is 0.349 e. The van der Waals surface area contributed by atoms with Crippen molar-refractivity contribution < 1.29 is 9.72 Å². The van der Waals surface area contributed by atoms with Gasteiger partial charge in [-0.15, -0.1) is 11.6 Å². The summed E-state index contributed by atoms with van der Waals surface area (Å²) in [5.41, 5.74) is 0.970. The Morgan fingerprint density at radius 1 is 1.50 bits per heavy atom. The zero-order chi connectivity index (χ0) is 14.7. The molecule has 0 heterocycles. The van der Waals surface area contributed by atoms with Crippen LogP contribution in [0.15, 0.2) is 18.2 Å². The van der Waals surface area contributed by atoms with Gasteiger partial charge in [-0.05, 0) is 37.8 Å². The van der Waals surface area contributed by atoms with Crippen molar-refractivity contribution in [3.05, 3.63) is 39.4 Å². The van der Waals surface area contributed by atoms with E-state index in [-0.39, 0.29) is 17.6 Å².